The molecule has 2 aliphatic carbocycles. The molecular formula is C19H28FN5O2S. The Morgan fingerprint density at radius 2 is 2.04 bits per heavy atom. The number of halogens is 1. The van der Waals surface area contributed by atoms with Gasteiger partial charge in [-0.2, -0.15) is 0 Å². The number of hydrazine groups is 1. The number of alkyl halides is 1. The van der Waals surface area contributed by atoms with Crippen molar-refractivity contribution in [3.05, 3.63) is 18.1 Å². The Bertz CT molecular complexity index is 754. The van der Waals surface area contributed by atoms with E-state index in [1.165, 1.54) is 0 Å². The first-order chi connectivity index (χ1) is 13.5. The summed E-state index contributed by atoms with van der Waals surface area (Å²) in [6.07, 6.45) is 3.54. The summed E-state index contributed by atoms with van der Waals surface area (Å²) in [4.78, 5) is 11.1. The molecule has 5 unspecified atom stereocenters. The molecule has 0 aromatic carbocycles. The number of rotatable bonds is 4. The highest BCUT2D eigenvalue weighted by molar-refractivity contribution is 7.85. The van der Waals surface area contributed by atoms with Crippen LogP contribution in [0, 0.1) is 5.92 Å². The summed E-state index contributed by atoms with van der Waals surface area (Å²) in [6.45, 7) is 3.59. The molecule has 1 aromatic heterocycles. The molecule has 154 valence electrons. The minimum atomic E-state index is -0.929. The van der Waals surface area contributed by atoms with Crippen LogP contribution in [0.3, 0.4) is 0 Å². The Hall–Kier alpha value is -1.16. The lowest BCUT2D eigenvalue weighted by molar-refractivity contribution is -0.0886. The fraction of sp³-hybridized carbons (Fsp3) is 0.789. The van der Waals surface area contributed by atoms with Crippen molar-refractivity contribution >= 4 is 16.6 Å². The van der Waals surface area contributed by atoms with Gasteiger partial charge in [0.05, 0.1) is 23.4 Å². The molecule has 28 heavy (non-hydrogen) atoms. The third kappa shape index (κ3) is 3.69. The summed E-state index contributed by atoms with van der Waals surface area (Å²) in [5.41, 5.74) is 7.43. The second-order valence-corrected chi connectivity index (χ2v) is 10.5. The number of ether oxygens (including phenoxy) is 1. The van der Waals surface area contributed by atoms with Crippen molar-refractivity contribution in [1.29, 1.82) is 0 Å². The lowest BCUT2D eigenvalue weighted by Gasteiger charge is -2.37. The quantitative estimate of drug-likeness (QED) is 0.775. The predicted molar refractivity (Wildman–Crippen MR) is 105 cm³/mol. The second kappa shape index (κ2) is 7.27. The molecule has 4 fully saturated rings. The van der Waals surface area contributed by atoms with Crippen LogP contribution in [0.1, 0.15) is 44.3 Å². The van der Waals surface area contributed by atoms with E-state index in [0.717, 1.165) is 37.4 Å². The standard InChI is InChI=1S/C19H28FN5O2S/c1-19(2-3-19)27-16-8-12-14(9-13(16)20)23-24-18(12)15-10-17(22-11-21-15)25-4-6-28(26)7-5-25/h10-14,16,18,23-24H,2-9H2,1H3. The Kier molecular flexibility index (Phi) is 4.89. The van der Waals surface area contributed by atoms with Crippen LogP contribution in [-0.2, 0) is 15.5 Å². The number of nitrogens with zero attached hydrogens (tertiary/aromatic N) is 3. The zero-order chi connectivity index (χ0) is 19.3. The van der Waals surface area contributed by atoms with Crippen LogP contribution in [0.25, 0.3) is 0 Å². The minimum Gasteiger partial charge on any atom is -0.369 e. The van der Waals surface area contributed by atoms with Crippen LogP contribution in [0.5, 0.6) is 0 Å². The van der Waals surface area contributed by atoms with E-state index in [1.807, 2.05) is 6.07 Å². The van der Waals surface area contributed by atoms with Crippen molar-refractivity contribution in [1.82, 2.24) is 20.8 Å². The van der Waals surface area contributed by atoms with E-state index < -0.39 is 17.0 Å². The summed E-state index contributed by atoms with van der Waals surface area (Å²) < 4.78 is 32.4. The van der Waals surface area contributed by atoms with Gasteiger partial charge in [0, 0.05) is 53.4 Å². The normalized spacial score (nSPS) is 37.6. The molecule has 0 spiro atoms. The van der Waals surface area contributed by atoms with Crippen molar-refractivity contribution in [3.8, 4) is 0 Å². The zero-order valence-corrected chi connectivity index (χ0v) is 17.0. The molecule has 7 nitrogen and oxygen atoms in total. The van der Waals surface area contributed by atoms with Gasteiger partial charge in [-0.05, 0) is 32.6 Å². The van der Waals surface area contributed by atoms with Crippen molar-refractivity contribution in [2.75, 3.05) is 29.5 Å². The van der Waals surface area contributed by atoms with Gasteiger partial charge < -0.3 is 9.64 Å². The minimum absolute atomic E-state index is 0.0104. The van der Waals surface area contributed by atoms with E-state index in [1.54, 1.807) is 6.33 Å². The smallest absolute Gasteiger partial charge is 0.132 e. The zero-order valence-electron chi connectivity index (χ0n) is 16.1. The van der Waals surface area contributed by atoms with Gasteiger partial charge in [-0.15, -0.1) is 0 Å². The first-order valence-corrected chi connectivity index (χ1v) is 11.7. The van der Waals surface area contributed by atoms with Crippen LogP contribution in [0.2, 0.25) is 0 Å². The molecule has 5 atom stereocenters. The highest BCUT2D eigenvalue weighted by Crippen LogP contribution is 2.45. The average Bonchev–Trinajstić information content (AvgIpc) is 3.28. The SMILES string of the molecule is CC1(OC2CC3C(CC2F)NNC3c2cc(N3CCS(=O)CC3)ncn2)CC1. The molecule has 2 N–H and O–H groups in total. The van der Waals surface area contributed by atoms with Gasteiger partial charge in [0.2, 0.25) is 0 Å². The van der Waals surface area contributed by atoms with Gasteiger partial charge in [0.15, 0.2) is 0 Å². The number of hydrogen-bond donors (Lipinski definition) is 2. The molecule has 2 saturated heterocycles. The van der Waals surface area contributed by atoms with Crippen molar-refractivity contribution < 1.29 is 13.3 Å². The van der Waals surface area contributed by atoms with Crippen LogP contribution in [-0.4, -0.2) is 62.7 Å². The van der Waals surface area contributed by atoms with Gasteiger partial charge >= 0.3 is 0 Å². The topological polar surface area (TPSA) is 79.4 Å². The van der Waals surface area contributed by atoms with Crippen LogP contribution in [0.4, 0.5) is 10.2 Å². The molecule has 1 aromatic rings. The Morgan fingerprint density at radius 3 is 2.79 bits per heavy atom. The third-order valence-corrected chi connectivity index (χ3v) is 7.92. The van der Waals surface area contributed by atoms with E-state index in [0.29, 0.717) is 24.3 Å². The molecule has 2 saturated carbocycles. The van der Waals surface area contributed by atoms with E-state index in [2.05, 4.69) is 32.6 Å². The summed E-state index contributed by atoms with van der Waals surface area (Å²) in [5, 5.41) is 0. The maximum Gasteiger partial charge on any atom is 0.132 e. The number of nitrogens with one attached hydrogen (secondary N) is 2. The molecule has 0 bridgehead atoms. The maximum atomic E-state index is 14.7. The molecule has 0 amide bonds. The highest BCUT2D eigenvalue weighted by atomic mass is 32.2. The van der Waals surface area contributed by atoms with E-state index in [4.69, 9.17) is 4.74 Å². The number of aromatic nitrogens is 2. The van der Waals surface area contributed by atoms with Crippen molar-refractivity contribution in [2.45, 2.75) is 62.6 Å². The second-order valence-electron chi connectivity index (χ2n) is 8.77. The van der Waals surface area contributed by atoms with Crippen LogP contribution >= 0.6 is 0 Å². The van der Waals surface area contributed by atoms with Gasteiger partial charge in [-0.1, -0.05) is 0 Å². The van der Waals surface area contributed by atoms with Crippen molar-refractivity contribution in [3.63, 3.8) is 0 Å². The average molecular weight is 410 g/mol. The third-order valence-electron chi connectivity index (χ3n) is 6.64. The molecule has 2 aliphatic heterocycles. The largest absolute Gasteiger partial charge is 0.369 e. The monoisotopic (exact) mass is 409 g/mol. The van der Waals surface area contributed by atoms with E-state index in [9.17, 15) is 8.60 Å². The summed E-state index contributed by atoms with van der Waals surface area (Å²) in [5.74, 6) is 2.48. The van der Waals surface area contributed by atoms with Gasteiger partial charge in [0.1, 0.15) is 18.3 Å². The highest BCUT2D eigenvalue weighted by Gasteiger charge is 2.50. The van der Waals surface area contributed by atoms with Crippen molar-refractivity contribution in [2.24, 2.45) is 5.92 Å². The molecule has 5 rings (SSSR count). The fourth-order valence-electron chi connectivity index (χ4n) is 4.63. The fourth-order valence-corrected chi connectivity index (χ4v) is 5.69. The number of anilines is 1. The molecular weight excluding hydrogens is 381 g/mol. The maximum absolute atomic E-state index is 14.7. The molecule has 4 aliphatic rings. The first-order valence-electron chi connectivity index (χ1n) is 10.3. The van der Waals surface area contributed by atoms with Gasteiger partial charge in [-0.25, -0.2) is 19.8 Å². The Morgan fingerprint density at radius 1 is 1.25 bits per heavy atom. The van der Waals surface area contributed by atoms with Gasteiger partial charge in [0.25, 0.3) is 0 Å². The Labute approximate surface area is 167 Å². The lowest BCUT2D eigenvalue weighted by Crippen LogP contribution is -2.45. The van der Waals surface area contributed by atoms with Gasteiger partial charge in [-0.3, -0.25) is 9.63 Å². The number of fused-ring (bicyclic) bond motifs is 1. The Balaban J connectivity index is 1.32. The van der Waals surface area contributed by atoms with Crippen LogP contribution < -0.4 is 15.8 Å². The molecule has 3 heterocycles. The lowest BCUT2D eigenvalue weighted by atomic mass is 9.78. The predicted octanol–water partition coefficient (Wildman–Crippen LogP) is 1.25. The summed E-state index contributed by atoms with van der Waals surface area (Å²) in [7, 11) is -0.715. The molecule has 0 radical (unpaired) electrons. The summed E-state index contributed by atoms with van der Waals surface area (Å²) in [6, 6.07) is 2.12. The number of hydrogen-bond acceptors (Lipinski definition) is 7. The summed E-state index contributed by atoms with van der Waals surface area (Å²) >= 11 is 0. The van der Waals surface area contributed by atoms with E-state index in [-0.39, 0.29) is 29.7 Å². The van der Waals surface area contributed by atoms with E-state index >= 15 is 0 Å². The molecule has 9 heteroatoms. The van der Waals surface area contributed by atoms with Crippen LogP contribution in [0.15, 0.2) is 12.4 Å². The first kappa shape index (κ1) is 18.8.